The van der Waals surface area contributed by atoms with Crippen LogP contribution >= 0.6 is 0 Å². The van der Waals surface area contributed by atoms with Crippen LogP contribution in [-0.4, -0.2) is 39.0 Å². The zero-order valence-corrected chi connectivity index (χ0v) is 15.8. The van der Waals surface area contributed by atoms with Crippen LogP contribution in [-0.2, 0) is 18.3 Å². The monoisotopic (exact) mass is 353 g/mol. The smallest absolute Gasteiger partial charge is 0.125 e. The number of nitrogens with zero attached hydrogens (tertiary/aromatic N) is 3. The van der Waals surface area contributed by atoms with Crippen LogP contribution in [0.1, 0.15) is 44.1 Å². The summed E-state index contributed by atoms with van der Waals surface area (Å²) in [5.41, 5.74) is 2.27. The highest BCUT2D eigenvalue weighted by atomic mass is 16.5. The fourth-order valence-electron chi connectivity index (χ4n) is 5.08. The van der Waals surface area contributed by atoms with E-state index in [0.717, 1.165) is 31.7 Å². The van der Waals surface area contributed by atoms with Crippen LogP contribution in [0.3, 0.4) is 0 Å². The van der Waals surface area contributed by atoms with Crippen molar-refractivity contribution in [2.24, 2.45) is 13.0 Å². The molecule has 0 unspecified atom stereocenters. The summed E-state index contributed by atoms with van der Waals surface area (Å²) in [6.45, 7) is 6.45. The zero-order valence-electron chi connectivity index (χ0n) is 15.8. The summed E-state index contributed by atoms with van der Waals surface area (Å²) in [6.07, 6.45) is 4.56. The Kier molecular flexibility index (Phi) is 3.66. The summed E-state index contributed by atoms with van der Waals surface area (Å²) in [4.78, 5) is 2.58. The van der Waals surface area contributed by atoms with E-state index in [1.165, 1.54) is 11.3 Å². The van der Waals surface area contributed by atoms with Gasteiger partial charge in [-0.25, -0.2) is 0 Å². The van der Waals surface area contributed by atoms with Gasteiger partial charge in [-0.15, -0.1) is 0 Å². The van der Waals surface area contributed by atoms with E-state index in [4.69, 9.17) is 9.47 Å². The third-order valence-electron chi connectivity index (χ3n) is 6.56. The third kappa shape index (κ3) is 2.48. The zero-order chi connectivity index (χ0) is 17.9. The first kappa shape index (κ1) is 16.3. The molecule has 0 radical (unpaired) electrons. The number of benzene rings is 1. The first-order valence-corrected chi connectivity index (χ1v) is 9.67. The topological polar surface area (TPSA) is 39.5 Å². The third-order valence-corrected chi connectivity index (χ3v) is 6.56. The fraction of sp³-hybridized carbons (Fsp3) is 0.571. The first-order chi connectivity index (χ1) is 12.5. The van der Waals surface area contributed by atoms with Gasteiger partial charge in [-0.3, -0.25) is 9.58 Å². The normalized spacial score (nSPS) is 32.4. The van der Waals surface area contributed by atoms with Crippen molar-refractivity contribution in [1.82, 2.24) is 14.7 Å². The summed E-state index contributed by atoms with van der Waals surface area (Å²) in [6, 6.07) is 11.0. The summed E-state index contributed by atoms with van der Waals surface area (Å²) < 4.78 is 15.1. The maximum Gasteiger partial charge on any atom is 0.125 e. The van der Waals surface area contributed by atoms with Gasteiger partial charge in [-0.1, -0.05) is 18.2 Å². The van der Waals surface area contributed by atoms with Gasteiger partial charge in [-0.05, 0) is 38.8 Å². The Hall–Kier alpha value is -1.85. The number of ether oxygens (including phenoxy) is 2. The van der Waals surface area contributed by atoms with E-state index in [0.29, 0.717) is 18.1 Å². The van der Waals surface area contributed by atoms with E-state index < -0.39 is 0 Å². The van der Waals surface area contributed by atoms with Crippen LogP contribution in [0.2, 0.25) is 0 Å². The Balaban J connectivity index is 1.43. The summed E-state index contributed by atoms with van der Waals surface area (Å²) >= 11 is 0. The second kappa shape index (κ2) is 5.83. The van der Waals surface area contributed by atoms with Gasteiger partial charge in [0.05, 0.1) is 17.9 Å². The van der Waals surface area contributed by atoms with Crippen LogP contribution in [0.15, 0.2) is 36.5 Å². The number of hydrogen-bond acceptors (Lipinski definition) is 4. The van der Waals surface area contributed by atoms with Crippen LogP contribution < -0.4 is 4.74 Å². The number of para-hydroxylation sites is 1. The van der Waals surface area contributed by atoms with Crippen molar-refractivity contribution in [2.75, 3.05) is 6.54 Å². The lowest BCUT2D eigenvalue weighted by Gasteiger charge is -2.50. The molecule has 1 aromatic heterocycles. The molecule has 2 aromatic rings. The van der Waals surface area contributed by atoms with E-state index in [9.17, 15) is 0 Å². The van der Waals surface area contributed by atoms with Crippen LogP contribution in [0.4, 0.5) is 0 Å². The molecule has 5 heteroatoms. The molecule has 1 aromatic carbocycles. The Bertz CT molecular complexity index is 815. The highest BCUT2D eigenvalue weighted by Crippen LogP contribution is 2.52. The largest absolute Gasteiger partial charge is 0.487 e. The lowest BCUT2D eigenvalue weighted by molar-refractivity contribution is -0.162. The van der Waals surface area contributed by atoms with E-state index >= 15 is 0 Å². The second-order valence-corrected chi connectivity index (χ2v) is 8.45. The lowest BCUT2D eigenvalue weighted by atomic mass is 9.74. The standard InChI is InChI=1S/C21H27N3O2/c1-21(2)16-12-17-19(9-11-24(17)13-14-8-10-22-23(14)3)25-20(16)15-6-4-5-7-18(15)26-21/h4-8,10,16-17,19-20H,9,11-13H2,1-3H3/t16-,17-,19-,20+/m1/s1. The van der Waals surface area contributed by atoms with Gasteiger partial charge in [0.25, 0.3) is 0 Å². The Morgan fingerprint density at radius 2 is 2.08 bits per heavy atom. The van der Waals surface area contributed by atoms with E-state index in [-0.39, 0.29) is 11.7 Å². The molecule has 5 nitrogen and oxygen atoms in total. The number of aromatic nitrogens is 2. The molecule has 2 saturated heterocycles. The number of aryl methyl sites for hydroxylation is 1. The molecule has 0 N–H and O–H groups in total. The molecule has 138 valence electrons. The maximum atomic E-state index is 6.71. The number of rotatable bonds is 2. The summed E-state index contributed by atoms with van der Waals surface area (Å²) in [5, 5.41) is 4.32. The lowest BCUT2D eigenvalue weighted by Crippen LogP contribution is -2.53. The van der Waals surface area contributed by atoms with Gasteiger partial charge < -0.3 is 9.47 Å². The van der Waals surface area contributed by atoms with Crippen molar-refractivity contribution < 1.29 is 9.47 Å². The van der Waals surface area contributed by atoms with Crippen LogP contribution in [0.25, 0.3) is 0 Å². The summed E-state index contributed by atoms with van der Waals surface area (Å²) in [7, 11) is 2.02. The van der Waals surface area contributed by atoms with Gasteiger partial charge in [0.1, 0.15) is 11.4 Å². The van der Waals surface area contributed by atoms with Gasteiger partial charge in [0.15, 0.2) is 0 Å². The average Bonchev–Trinajstić information content (AvgIpc) is 3.20. The van der Waals surface area contributed by atoms with E-state index in [2.05, 4.69) is 48.1 Å². The number of hydrogen-bond donors (Lipinski definition) is 0. The Morgan fingerprint density at radius 1 is 1.23 bits per heavy atom. The van der Waals surface area contributed by atoms with E-state index in [1.807, 2.05) is 24.0 Å². The van der Waals surface area contributed by atoms with Crippen molar-refractivity contribution in [3.05, 3.63) is 47.8 Å². The fourth-order valence-corrected chi connectivity index (χ4v) is 5.08. The molecule has 5 rings (SSSR count). The predicted octanol–water partition coefficient (Wildman–Crippen LogP) is 3.31. The predicted molar refractivity (Wildman–Crippen MR) is 98.9 cm³/mol. The molecule has 3 aliphatic rings. The van der Waals surface area contributed by atoms with Crippen molar-refractivity contribution in [3.8, 4) is 5.75 Å². The van der Waals surface area contributed by atoms with Gasteiger partial charge in [0, 0.05) is 43.9 Å². The minimum Gasteiger partial charge on any atom is -0.487 e. The molecular weight excluding hydrogens is 326 g/mol. The molecule has 0 bridgehead atoms. The van der Waals surface area contributed by atoms with Crippen LogP contribution in [0, 0.1) is 5.92 Å². The molecule has 0 saturated carbocycles. The Morgan fingerprint density at radius 3 is 2.88 bits per heavy atom. The van der Waals surface area contributed by atoms with Crippen LogP contribution in [0.5, 0.6) is 5.75 Å². The molecule has 0 aliphatic carbocycles. The molecule has 26 heavy (non-hydrogen) atoms. The van der Waals surface area contributed by atoms with Gasteiger partial charge in [-0.2, -0.15) is 5.10 Å². The van der Waals surface area contributed by atoms with Crippen molar-refractivity contribution in [3.63, 3.8) is 0 Å². The van der Waals surface area contributed by atoms with Crippen molar-refractivity contribution in [1.29, 1.82) is 0 Å². The van der Waals surface area contributed by atoms with Gasteiger partial charge in [0.2, 0.25) is 0 Å². The number of fused-ring (bicyclic) bond motifs is 4. The highest BCUT2D eigenvalue weighted by molar-refractivity contribution is 5.39. The quantitative estimate of drug-likeness (QED) is 0.830. The second-order valence-electron chi connectivity index (χ2n) is 8.45. The van der Waals surface area contributed by atoms with Crippen molar-refractivity contribution in [2.45, 2.75) is 57.1 Å². The molecule has 4 atom stereocenters. The molecular formula is C21H27N3O2. The molecule has 2 fully saturated rings. The highest BCUT2D eigenvalue weighted by Gasteiger charge is 2.52. The number of likely N-dealkylation sites (tertiary alicyclic amines) is 1. The SMILES string of the molecule is Cn1nccc1CN1CC[C@H]2O[C@H]3c4ccccc4OC(C)(C)[C@@H]3C[C@H]21. The molecule has 4 heterocycles. The molecule has 0 spiro atoms. The first-order valence-electron chi connectivity index (χ1n) is 9.67. The van der Waals surface area contributed by atoms with Gasteiger partial charge >= 0.3 is 0 Å². The van der Waals surface area contributed by atoms with Crippen molar-refractivity contribution >= 4 is 0 Å². The Labute approximate surface area is 154 Å². The minimum atomic E-state index is -0.217. The molecule has 3 aliphatic heterocycles. The maximum absolute atomic E-state index is 6.71. The minimum absolute atomic E-state index is 0.146. The average molecular weight is 353 g/mol. The summed E-state index contributed by atoms with van der Waals surface area (Å²) in [5.74, 6) is 1.35. The van der Waals surface area contributed by atoms with E-state index in [1.54, 1.807) is 0 Å². The molecule has 0 amide bonds.